The van der Waals surface area contributed by atoms with E-state index in [4.69, 9.17) is 19.9 Å². The van der Waals surface area contributed by atoms with Crippen LogP contribution in [-0.2, 0) is 9.53 Å². The van der Waals surface area contributed by atoms with Gasteiger partial charge < -0.3 is 19.9 Å². The smallest absolute Gasteiger partial charge is 0.339 e. The van der Waals surface area contributed by atoms with Gasteiger partial charge >= 0.3 is 5.97 Å². The molecule has 0 aliphatic carbocycles. The molecule has 21 heavy (non-hydrogen) atoms. The maximum absolute atomic E-state index is 12.0. The standard InChI is InChI=1S/C14H18BrNO5/c1-4-5-20-12-10(15)6-9(7-11(12)19-3)14(18)21-8(2)13(16)17/h6-8H,4-5H2,1-3H3,(H2,16,17). The minimum atomic E-state index is -1.00. The topological polar surface area (TPSA) is 87.9 Å². The van der Waals surface area contributed by atoms with E-state index in [1.807, 2.05) is 6.92 Å². The van der Waals surface area contributed by atoms with Gasteiger partial charge in [0.25, 0.3) is 5.91 Å². The molecule has 0 aliphatic heterocycles. The molecular weight excluding hydrogens is 342 g/mol. The SMILES string of the molecule is CCCOc1c(Br)cc(C(=O)OC(C)C(N)=O)cc1OC. The van der Waals surface area contributed by atoms with Crippen LogP contribution >= 0.6 is 15.9 Å². The van der Waals surface area contributed by atoms with Gasteiger partial charge in [-0.25, -0.2) is 4.79 Å². The van der Waals surface area contributed by atoms with Gasteiger partial charge in [-0.3, -0.25) is 4.79 Å². The minimum absolute atomic E-state index is 0.232. The third-order valence-electron chi connectivity index (χ3n) is 2.60. The van der Waals surface area contributed by atoms with Crippen LogP contribution in [0.3, 0.4) is 0 Å². The van der Waals surface area contributed by atoms with Crippen molar-refractivity contribution in [2.75, 3.05) is 13.7 Å². The molecule has 1 unspecified atom stereocenters. The molecule has 116 valence electrons. The number of ether oxygens (including phenoxy) is 3. The second kappa shape index (κ2) is 7.87. The summed E-state index contributed by atoms with van der Waals surface area (Å²) >= 11 is 3.33. The Morgan fingerprint density at radius 3 is 2.57 bits per heavy atom. The lowest BCUT2D eigenvalue weighted by Crippen LogP contribution is -2.30. The predicted molar refractivity (Wildman–Crippen MR) is 80.6 cm³/mol. The van der Waals surface area contributed by atoms with Gasteiger partial charge in [-0.2, -0.15) is 0 Å². The van der Waals surface area contributed by atoms with E-state index in [1.54, 1.807) is 6.07 Å². The average molecular weight is 360 g/mol. The minimum Gasteiger partial charge on any atom is -0.493 e. The summed E-state index contributed by atoms with van der Waals surface area (Å²) in [4.78, 5) is 22.9. The number of primary amides is 1. The fraction of sp³-hybridized carbons (Fsp3) is 0.429. The van der Waals surface area contributed by atoms with Crippen LogP contribution in [0, 0.1) is 0 Å². The van der Waals surface area contributed by atoms with E-state index in [1.165, 1.54) is 20.1 Å². The van der Waals surface area contributed by atoms with Gasteiger partial charge in [0.05, 0.1) is 23.8 Å². The fourth-order valence-corrected chi connectivity index (χ4v) is 2.03. The Bertz CT molecular complexity index is 532. The maximum atomic E-state index is 12.0. The molecule has 2 N–H and O–H groups in total. The average Bonchev–Trinajstić information content (AvgIpc) is 2.44. The Morgan fingerprint density at radius 2 is 2.05 bits per heavy atom. The maximum Gasteiger partial charge on any atom is 0.339 e. The largest absolute Gasteiger partial charge is 0.493 e. The molecule has 0 aromatic heterocycles. The van der Waals surface area contributed by atoms with Crippen molar-refractivity contribution in [3.05, 3.63) is 22.2 Å². The van der Waals surface area contributed by atoms with E-state index in [0.29, 0.717) is 22.6 Å². The second-order valence-electron chi connectivity index (χ2n) is 4.29. The summed E-state index contributed by atoms with van der Waals surface area (Å²) in [5.74, 6) is -0.463. The summed E-state index contributed by atoms with van der Waals surface area (Å²) in [5, 5.41) is 0. The quantitative estimate of drug-likeness (QED) is 0.754. The zero-order valence-electron chi connectivity index (χ0n) is 12.1. The molecular formula is C14H18BrNO5. The fourth-order valence-electron chi connectivity index (χ4n) is 1.47. The molecule has 0 radical (unpaired) electrons. The number of benzene rings is 1. The number of methoxy groups -OCH3 is 1. The van der Waals surface area contributed by atoms with Gasteiger partial charge in [-0.15, -0.1) is 0 Å². The van der Waals surface area contributed by atoms with Gasteiger partial charge in [0.15, 0.2) is 17.6 Å². The highest BCUT2D eigenvalue weighted by Crippen LogP contribution is 2.37. The molecule has 6 nitrogen and oxygen atoms in total. The van der Waals surface area contributed by atoms with E-state index in [0.717, 1.165) is 6.42 Å². The molecule has 1 amide bonds. The summed E-state index contributed by atoms with van der Waals surface area (Å²) in [6.07, 6.45) is -0.159. The number of hydrogen-bond donors (Lipinski definition) is 1. The van der Waals surface area contributed by atoms with Gasteiger partial charge in [-0.05, 0) is 41.4 Å². The molecule has 1 atom stereocenters. The van der Waals surface area contributed by atoms with Crippen molar-refractivity contribution in [2.24, 2.45) is 5.73 Å². The lowest BCUT2D eigenvalue weighted by molar-refractivity contribution is -0.125. The van der Waals surface area contributed by atoms with Crippen LogP contribution in [0.15, 0.2) is 16.6 Å². The molecule has 0 saturated heterocycles. The Kier molecular flexibility index (Phi) is 6.48. The summed E-state index contributed by atoms with van der Waals surface area (Å²) in [6.45, 7) is 3.92. The number of halogens is 1. The van der Waals surface area contributed by atoms with Crippen LogP contribution in [0.2, 0.25) is 0 Å². The van der Waals surface area contributed by atoms with Gasteiger partial charge in [0.2, 0.25) is 0 Å². The first kappa shape index (κ1) is 17.3. The molecule has 0 heterocycles. The number of hydrogen-bond acceptors (Lipinski definition) is 5. The molecule has 1 rings (SSSR count). The molecule has 1 aromatic carbocycles. The zero-order valence-corrected chi connectivity index (χ0v) is 13.7. The number of carbonyl (C=O) groups excluding carboxylic acids is 2. The first-order valence-electron chi connectivity index (χ1n) is 6.41. The highest BCUT2D eigenvalue weighted by molar-refractivity contribution is 9.10. The summed E-state index contributed by atoms with van der Waals surface area (Å²) < 4.78 is 16.3. The van der Waals surface area contributed by atoms with Crippen molar-refractivity contribution in [1.82, 2.24) is 0 Å². The third kappa shape index (κ3) is 4.63. The number of nitrogens with two attached hydrogens (primary N) is 1. The van der Waals surface area contributed by atoms with Crippen molar-refractivity contribution in [3.8, 4) is 11.5 Å². The van der Waals surface area contributed by atoms with Crippen molar-refractivity contribution < 1.29 is 23.8 Å². The molecule has 0 fully saturated rings. The van der Waals surface area contributed by atoms with E-state index >= 15 is 0 Å². The van der Waals surface area contributed by atoms with Crippen molar-refractivity contribution in [3.63, 3.8) is 0 Å². The number of carbonyl (C=O) groups is 2. The van der Waals surface area contributed by atoms with Crippen LogP contribution in [0.5, 0.6) is 11.5 Å². The summed E-state index contributed by atoms with van der Waals surface area (Å²) in [6, 6.07) is 3.04. The van der Waals surface area contributed by atoms with Crippen LogP contribution in [0.1, 0.15) is 30.6 Å². The molecule has 7 heteroatoms. The number of amides is 1. The normalized spacial score (nSPS) is 11.6. The van der Waals surface area contributed by atoms with Crippen molar-refractivity contribution in [2.45, 2.75) is 26.4 Å². The third-order valence-corrected chi connectivity index (χ3v) is 3.19. The van der Waals surface area contributed by atoms with E-state index in [9.17, 15) is 9.59 Å². The van der Waals surface area contributed by atoms with Crippen molar-refractivity contribution >= 4 is 27.8 Å². The molecule has 0 spiro atoms. The van der Waals surface area contributed by atoms with Gasteiger partial charge in [-0.1, -0.05) is 6.92 Å². The van der Waals surface area contributed by atoms with Crippen LogP contribution in [0.25, 0.3) is 0 Å². The molecule has 0 saturated carbocycles. The Morgan fingerprint density at radius 1 is 1.38 bits per heavy atom. The summed E-state index contributed by atoms with van der Waals surface area (Å²) in [7, 11) is 1.47. The van der Waals surface area contributed by atoms with Crippen LogP contribution < -0.4 is 15.2 Å². The second-order valence-corrected chi connectivity index (χ2v) is 5.14. The Hall–Kier alpha value is -1.76. The first-order chi connectivity index (χ1) is 9.90. The Balaban J connectivity index is 3.02. The van der Waals surface area contributed by atoms with Gasteiger partial charge in [0, 0.05) is 0 Å². The van der Waals surface area contributed by atoms with E-state index < -0.39 is 18.0 Å². The van der Waals surface area contributed by atoms with E-state index in [2.05, 4.69) is 15.9 Å². The molecule has 0 aliphatic rings. The molecule has 1 aromatic rings. The van der Waals surface area contributed by atoms with Crippen LogP contribution in [0.4, 0.5) is 0 Å². The highest BCUT2D eigenvalue weighted by Gasteiger charge is 2.20. The van der Waals surface area contributed by atoms with Crippen molar-refractivity contribution in [1.29, 1.82) is 0 Å². The van der Waals surface area contributed by atoms with E-state index in [-0.39, 0.29) is 5.56 Å². The zero-order chi connectivity index (χ0) is 16.0. The Labute approximate surface area is 131 Å². The van der Waals surface area contributed by atoms with Gasteiger partial charge in [0.1, 0.15) is 0 Å². The lowest BCUT2D eigenvalue weighted by Gasteiger charge is -2.14. The van der Waals surface area contributed by atoms with Crippen LogP contribution in [-0.4, -0.2) is 31.7 Å². The first-order valence-corrected chi connectivity index (χ1v) is 7.20. The monoisotopic (exact) mass is 359 g/mol. The number of rotatable bonds is 7. The highest BCUT2D eigenvalue weighted by atomic mass is 79.9. The lowest BCUT2D eigenvalue weighted by atomic mass is 10.2. The molecule has 0 bridgehead atoms. The predicted octanol–water partition coefficient (Wildman–Crippen LogP) is 2.28. The summed E-state index contributed by atoms with van der Waals surface area (Å²) in [5.41, 5.74) is 5.29. The number of esters is 1.